The lowest BCUT2D eigenvalue weighted by molar-refractivity contribution is 0.231. The Hall–Kier alpha value is -0.870. The van der Waals surface area contributed by atoms with Gasteiger partial charge >= 0.3 is 0 Å². The fourth-order valence-electron chi connectivity index (χ4n) is 1.83. The van der Waals surface area contributed by atoms with Crippen molar-refractivity contribution in [3.63, 3.8) is 0 Å². The van der Waals surface area contributed by atoms with Crippen LogP contribution in [-0.2, 0) is 0 Å². The summed E-state index contributed by atoms with van der Waals surface area (Å²) in [5.74, 6) is 0.560. The maximum absolute atomic E-state index is 5.75. The molecule has 1 aliphatic heterocycles. The van der Waals surface area contributed by atoms with Crippen LogP contribution in [0.4, 0.5) is 0 Å². The van der Waals surface area contributed by atoms with Gasteiger partial charge in [0.15, 0.2) is 0 Å². The number of hydrogen-bond donors (Lipinski definition) is 1. The molecule has 2 rings (SSSR count). The van der Waals surface area contributed by atoms with Crippen LogP contribution < -0.4 is 10.1 Å². The Labute approximate surface area is 100 Å². The number of hydrogen-bond acceptors (Lipinski definition) is 4. The number of rotatable bonds is 3. The highest BCUT2D eigenvalue weighted by molar-refractivity contribution is 6.28. The van der Waals surface area contributed by atoms with Gasteiger partial charge in [0.25, 0.3) is 0 Å². The summed E-state index contributed by atoms with van der Waals surface area (Å²) in [5.41, 5.74) is 0.826. The van der Waals surface area contributed by atoms with Crippen molar-refractivity contribution < 1.29 is 4.74 Å². The van der Waals surface area contributed by atoms with Crippen LogP contribution in [0.2, 0.25) is 5.28 Å². The van der Waals surface area contributed by atoms with Crippen molar-refractivity contribution in [3.8, 4) is 5.88 Å². The molecule has 5 heteroatoms. The van der Waals surface area contributed by atoms with Crippen molar-refractivity contribution in [1.29, 1.82) is 0 Å². The standard InChI is InChI=1S/C11H16ClN3O/c1-8-6-10(15-11(12)14-8)16-7-9-4-2-3-5-13-9/h6,9,13H,2-5,7H2,1H3. The van der Waals surface area contributed by atoms with Crippen LogP contribution in [0.3, 0.4) is 0 Å². The van der Waals surface area contributed by atoms with E-state index in [-0.39, 0.29) is 5.28 Å². The van der Waals surface area contributed by atoms with Crippen molar-refractivity contribution in [3.05, 3.63) is 17.0 Å². The highest BCUT2D eigenvalue weighted by atomic mass is 35.5. The van der Waals surface area contributed by atoms with E-state index in [1.807, 2.05) is 6.92 Å². The van der Waals surface area contributed by atoms with E-state index >= 15 is 0 Å². The summed E-state index contributed by atoms with van der Waals surface area (Å²) in [4.78, 5) is 8.01. The zero-order valence-electron chi connectivity index (χ0n) is 9.37. The first kappa shape index (κ1) is 11.6. The highest BCUT2D eigenvalue weighted by Crippen LogP contribution is 2.14. The third kappa shape index (κ3) is 3.32. The monoisotopic (exact) mass is 241 g/mol. The summed E-state index contributed by atoms with van der Waals surface area (Å²) < 4.78 is 5.61. The summed E-state index contributed by atoms with van der Waals surface area (Å²) in [6.45, 7) is 3.60. The highest BCUT2D eigenvalue weighted by Gasteiger charge is 2.13. The molecule has 0 saturated carbocycles. The van der Waals surface area contributed by atoms with Crippen molar-refractivity contribution in [1.82, 2.24) is 15.3 Å². The summed E-state index contributed by atoms with van der Waals surface area (Å²) in [6.07, 6.45) is 3.69. The second-order valence-corrected chi connectivity index (χ2v) is 4.41. The van der Waals surface area contributed by atoms with Crippen molar-refractivity contribution in [2.75, 3.05) is 13.2 Å². The van der Waals surface area contributed by atoms with Crippen LogP contribution in [-0.4, -0.2) is 29.2 Å². The molecule has 0 aromatic carbocycles. The van der Waals surface area contributed by atoms with E-state index in [4.69, 9.17) is 16.3 Å². The van der Waals surface area contributed by atoms with Gasteiger partial charge in [0.1, 0.15) is 6.61 Å². The molecule has 4 nitrogen and oxygen atoms in total. The lowest BCUT2D eigenvalue weighted by Gasteiger charge is -2.23. The summed E-state index contributed by atoms with van der Waals surface area (Å²) >= 11 is 5.75. The minimum absolute atomic E-state index is 0.242. The average molecular weight is 242 g/mol. The molecule has 1 atom stereocenters. The third-order valence-electron chi connectivity index (χ3n) is 2.65. The van der Waals surface area contributed by atoms with Gasteiger partial charge in [-0.3, -0.25) is 0 Å². The number of halogens is 1. The predicted octanol–water partition coefficient (Wildman–Crippen LogP) is 1.96. The van der Waals surface area contributed by atoms with Crippen molar-refractivity contribution in [2.24, 2.45) is 0 Å². The van der Waals surface area contributed by atoms with E-state index in [1.54, 1.807) is 6.07 Å². The zero-order valence-corrected chi connectivity index (χ0v) is 10.1. The van der Waals surface area contributed by atoms with Crippen LogP contribution in [0.15, 0.2) is 6.07 Å². The van der Waals surface area contributed by atoms with Crippen molar-refractivity contribution >= 4 is 11.6 Å². The van der Waals surface area contributed by atoms with Crippen LogP contribution in [0.5, 0.6) is 5.88 Å². The van der Waals surface area contributed by atoms with E-state index < -0.39 is 0 Å². The summed E-state index contributed by atoms with van der Waals surface area (Å²) in [7, 11) is 0. The molecule has 16 heavy (non-hydrogen) atoms. The Morgan fingerprint density at radius 1 is 1.50 bits per heavy atom. The van der Waals surface area contributed by atoms with Gasteiger partial charge in [-0.15, -0.1) is 0 Å². The van der Waals surface area contributed by atoms with E-state index in [9.17, 15) is 0 Å². The minimum Gasteiger partial charge on any atom is -0.476 e. The average Bonchev–Trinajstić information content (AvgIpc) is 2.27. The topological polar surface area (TPSA) is 47.0 Å². The van der Waals surface area contributed by atoms with Gasteiger partial charge in [0.05, 0.1) is 0 Å². The molecule has 1 aromatic heterocycles. The molecule has 0 bridgehead atoms. The first-order valence-corrected chi connectivity index (χ1v) is 5.99. The first-order valence-electron chi connectivity index (χ1n) is 5.61. The maximum Gasteiger partial charge on any atom is 0.225 e. The Kier molecular flexibility index (Phi) is 3.96. The number of aryl methyl sites for hydroxylation is 1. The fourth-order valence-corrected chi connectivity index (χ4v) is 2.05. The second-order valence-electron chi connectivity index (χ2n) is 4.07. The van der Waals surface area contributed by atoms with Gasteiger partial charge in [-0.05, 0) is 37.9 Å². The molecule has 0 radical (unpaired) electrons. The van der Waals surface area contributed by atoms with Gasteiger partial charge in [0.2, 0.25) is 11.2 Å². The smallest absolute Gasteiger partial charge is 0.225 e. The lowest BCUT2D eigenvalue weighted by Crippen LogP contribution is -2.38. The first-order chi connectivity index (χ1) is 7.74. The van der Waals surface area contributed by atoms with Gasteiger partial charge < -0.3 is 10.1 Å². The van der Waals surface area contributed by atoms with Crippen LogP contribution in [0.1, 0.15) is 25.0 Å². The molecular formula is C11H16ClN3O. The summed E-state index contributed by atoms with van der Waals surface area (Å²) in [5, 5.41) is 3.66. The molecular weight excluding hydrogens is 226 g/mol. The van der Waals surface area contributed by atoms with Gasteiger partial charge in [-0.1, -0.05) is 6.42 Å². The molecule has 1 N–H and O–H groups in total. The zero-order chi connectivity index (χ0) is 11.4. The Morgan fingerprint density at radius 2 is 2.38 bits per heavy atom. The van der Waals surface area contributed by atoms with E-state index in [1.165, 1.54) is 12.8 Å². The predicted molar refractivity (Wildman–Crippen MR) is 62.9 cm³/mol. The van der Waals surface area contributed by atoms with E-state index in [0.29, 0.717) is 18.5 Å². The number of piperidine rings is 1. The molecule has 0 aliphatic carbocycles. The molecule has 1 saturated heterocycles. The van der Waals surface area contributed by atoms with Crippen LogP contribution in [0.25, 0.3) is 0 Å². The Bertz CT molecular complexity index is 333. The largest absolute Gasteiger partial charge is 0.476 e. The van der Waals surface area contributed by atoms with Gasteiger partial charge in [-0.25, -0.2) is 4.98 Å². The van der Waals surface area contributed by atoms with Gasteiger partial charge in [0, 0.05) is 17.8 Å². The third-order valence-corrected chi connectivity index (χ3v) is 2.82. The second kappa shape index (κ2) is 5.46. The molecule has 1 aliphatic rings. The molecule has 88 valence electrons. The molecule has 0 amide bonds. The van der Waals surface area contributed by atoms with Crippen LogP contribution in [0, 0.1) is 6.92 Å². The quantitative estimate of drug-likeness (QED) is 0.822. The minimum atomic E-state index is 0.242. The van der Waals surface area contributed by atoms with E-state index in [2.05, 4.69) is 15.3 Å². The maximum atomic E-state index is 5.75. The van der Waals surface area contributed by atoms with Crippen LogP contribution >= 0.6 is 11.6 Å². The molecule has 1 aromatic rings. The number of ether oxygens (including phenoxy) is 1. The Morgan fingerprint density at radius 3 is 3.06 bits per heavy atom. The number of nitrogens with one attached hydrogen (secondary N) is 1. The molecule has 0 spiro atoms. The lowest BCUT2D eigenvalue weighted by atomic mass is 10.1. The molecule has 1 unspecified atom stereocenters. The normalized spacial score (nSPS) is 20.8. The Balaban J connectivity index is 1.88. The summed E-state index contributed by atoms with van der Waals surface area (Å²) in [6, 6.07) is 2.23. The van der Waals surface area contributed by atoms with Gasteiger partial charge in [-0.2, -0.15) is 4.98 Å². The van der Waals surface area contributed by atoms with Crippen molar-refractivity contribution in [2.45, 2.75) is 32.2 Å². The molecule has 2 heterocycles. The fraction of sp³-hybridized carbons (Fsp3) is 0.636. The number of nitrogens with zero attached hydrogens (tertiary/aromatic N) is 2. The van der Waals surface area contributed by atoms with E-state index in [0.717, 1.165) is 18.7 Å². The molecule has 1 fully saturated rings. The number of aromatic nitrogens is 2. The SMILES string of the molecule is Cc1cc(OCC2CCCCN2)nc(Cl)n1.